The van der Waals surface area contributed by atoms with Crippen molar-refractivity contribution in [3.63, 3.8) is 0 Å². The van der Waals surface area contributed by atoms with Crippen LogP contribution in [0.25, 0.3) is 0 Å². The van der Waals surface area contributed by atoms with Gasteiger partial charge < -0.3 is 14.6 Å². The first-order valence-corrected chi connectivity index (χ1v) is 11.6. The summed E-state index contributed by atoms with van der Waals surface area (Å²) in [6, 6.07) is 11.3. The van der Waals surface area contributed by atoms with Gasteiger partial charge in [-0.05, 0) is 56.7 Å². The number of hydrogen-bond acceptors (Lipinski definition) is 7. The molecule has 3 atom stereocenters. The van der Waals surface area contributed by atoms with Crippen LogP contribution < -0.4 is 4.90 Å². The SMILES string of the molecule is CCOC(=O)C1C(=O)N(c2cccc(C(F)(F)F)c2)C(C)=C(C(=O)O[C@H](C)C(=O)O)C1c1ccc(C#N)cc1. The molecule has 1 amide bonds. The first-order chi connectivity index (χ1) is 18.3. The average Bonchev–Trinajstić information content (AvgIpc) is 2.88. The third-order valence-electron chi connectivity index (χ3n) is 6.08. The van der Waals surface area contributed by atoms with Gasteiger partial charge in [-0.15, -0.1) is 0 Å². The van der Waals surface area contributed by atoms with E-state index in [9.17, 15) is 37.5 Å². The standard InChI is InChI=1S/C27H23F3N2O7/c1-4-38-25(36)22-21(17-10-8-16(13-31)9-11-17)20(26(37)39-15(3)24(34)35)14(2)32(23(22)33)19-7-5-6-18(12-19)27(28,29)30/h5-12,15,21-22H,4H2,1-3H3,(H,34,35)/t15-,21?,22?/m1/s1. The van der Waals surface area contributed by atoms with E-state index in [2.05, 4.69) is 0 Å². The number of alkyl halides is 3. The first kappa shape index (κ1) is 28.9. The number of carboxylic acids is 1. The molecule has 0 saturated heterocycles. The van der Waals surface area contributed by atoms with Gasteiger partial charge in [0.1, 0.15) is 5.92 Å². The Hall–Kier alpha value is -4.66. The molecular formula is C27H23F3N2O7. The molecule has 2 aromatic carbocycles. The third kappa shape index (κ3) is 5.93. The van der Waals surface area contributed by atoms with E-state index in [1.165, 1.54) is 44.2 Å². The van der Waals surface area contributed by atoms with Crippen molar-refractivity contribution in [3.05, 3.63) is 76.5 Å². The van der Waals surface area contributed by atoms with Crippen LogP contribution in [0.3, 0.4) is 0 Å². The highest BCUT2D eigenvalue weighted by Gasteiger charge is 2.50. The van der Waals surface area contributed by atoms with Gasteiger partial charge in [0.05, 0.1) is 29.4 Å². The molecule has 2 unspecified atom stereocenters. The number of carbonyl (C=O) groups excluding carboxylic acids is 3. The van der Waals surface area contributed by atoms with Crippen LogP contribution in [0.15, 0.2) is 59.8 Å². The summed E-state index contributed by atoms with van der Waals surface area (Å²) in [5.74, 6) is -7.81. The molecule has 39 heavy (non-hydrogen) atoms. The Balaban J connectivity index is 2.33. The zero-order valence-electron chi connectivity index (χ0n) is 21.0. The summed E-state index contributed by atoms with van der Waals surface area (Å²) < 4.78 is 50.6. The fourth-order valence-corrected chi connectivity index (χ4v) is 4.24. The van der Waals surface area contributed by atoms with Crippen LogP contribution in [0.1, 0.15) is 43.4 Å². The van der Waals surface area contributed by atoms with E-state index in [-0.39, 0.29) is 34.7 Å². The normalized spacial score (nSPS) is 18.3. The van der Waals surface area contributed by atoms with Crippen molar-refractivity contribution >= 4 is 29.5 Å². The molecule has 0 spiro atoms. The summed E-state index contributed by atoms with van der Waals surface area (Å²) in [5, 5.41) is 18.4. The number of allylic oxidation sites excluding steroid dienone is 1. The van der Waals surface area contributed by atoms with Crippen molar-refractivity contribution in [2.24, 2.45) is 5.92 Å². The van der Waals surface area contributed by atoms with Crippen LogP contribution in [-0.4, -0.2) is 41.6 Å². The van der Waals surface area contributed by atoms with Crippen LogP contribution in [0.2, 0.25) is 0 Å². The first-order valence-electron chi connectivity index (χ1n) is 11.6. The molecule has 0 saturated carbocycles. The van der Waals surface area contributed by atoms with Crippen LogP contribution >= 0.6 is 0 Å². The van der Waals surface area contributed by atoms with E-state index in [0.29, 0.717) is 6.07 Å². The Labute approximate surface area is 221 Å². The van der Waals surface area contributed by atoms with E-state index in [0.717, 1.165) is 24.0 Å². The van der Waals surface area contributed by atoms with E-state index in [4.69, 9.17) is 14.7 Å². The van der Waals surface area contributed by atoms with Gasteiger partial charge in [0.2, 0.25) is 5.91 Å². The minimum Gasteiger partial charge on any atom is -0.479 e. The van der Waals surface area contributed by atoms with E-state index < -0.39 is 53.5 Å². The number of aliphatic carboxylic acids is 1. The zero-order valence-corrected chi connectivity index (χ0v) is 21.0. The maximum absolute atomic E-state index is 13.8. The molecule has 12 heteroatoms. The topological polar surface area (TPSA) is 134 Å². The number of carboxylic acid groups (broad SMARTS) is 1. The zero-order chi connectivity index (χ0) is 29.1. The lowest BCUT2D eigenvalue weighted by Crippen LogP contribution is -2.49. The van der Waals surface area contributed by atoms with Gasteiger partial charge in [-0.2, -0.15) is 18.4 Å². The molecule has 9 nitrogen and oxygen atoms in total. The summed E-state index contributed by atoms with van der Waals surface area (Å²) >= 11 is 0. The van der Waals surface area contributed by atoms with Crippen molar-refractivity contribution in [2.45, 2.75) is 39.0 Å². The molecule has 0 aliphatic carbocycles. The molecule has 204 valence electrons. The van der Waals surface area contributed by atoms with Crippen molar-refractivity contribution in [3.8, 4) is 6.07 Å². The number of ether oxygens (including phenoxy) is 2. The van der Waals surface area contributed by atoms with Crippen LogP contribution in [0.4, 0.5) is 18.9 Å². The Morgan fingerprint density at radius 2 is 1.79 bits per heavy atom. The number of halogens is 3. The number of esters is 2. The molecular weight excluding hydrogens is 521 g/mol. The monoisotopic (exact) mass is 544 g/mol. The lowest BCUT2D eigenvalue weighted by molar-refractivity contribution is -0.161. The lowest BCUT2D eigenvalue weighted by Gasteiger charge is -2.39. The molecule has 0 bridgehead atoms. The molecule has 1 heterocycles. The maximum Gasteiger partial charge on any atom is 0.416 e. The Morgan fingerprint density at radius 1 is 1.15 bits per heavy atom. The second-order valence-corrected chi connectivity index (χ2v) is 8.55. The Bertz CT molecular complexity index is 1380. The predicted octanol–water partition coefficient (Wildman–Crippen LogP) is 4.18. The fraction of sp³-hybridized carbons (Fsp3) is 0.296. The summed E-state index contributed by atoms with van der Waals surface area (Å²) in [6.07, 6.45) is -6.38. The van der Waals surface area contributed by atoms with Gasteiger partial charge in [0, 0.05) is 17.3 Å². The summed E-state index contributed by atoms with van der Waals surface area (Å²) in [4.78, 5) is 52.6. The number of hydrogen-bond donors (Lipinski definition) is 1. The molecule has 0 aromatic heterocycles. The number of benzene rings is 2. The van der Waals surface area contributed by atoms with E-state index in [1.54, 1.807) is 0 Å². The number of amides is 1. The van der Waals surface area contributed by atoms with E-state index >= 15 is 0 Å². The summed E-state index contributed by atoms with van der Waals surface area (Å²) in [6.45, 7) is 3.70. The number of rotatable bonds is 7. The molecule has 1 aliphatic heterocycles. The van der Waals surface area contributed by atoms with Crippen LogP contribution in [-0.2, 0) is 34.8 Å². The van der Waals surface area contributed by atoms with Crippen LogP contribution in [0.5, 0.6) is 0 Å². The Morgan fingerprint density at radius 3 is 2.33 bits per heavy atom. The Kier molecular flexibility index (Phi) is 8.44. The van der Waals surface area contributed by atoms with Gasteiger partial charge in [0.15, 0.2) is 6.10 Å². The van der Waals surface area contributed by atoms with Gasteiger partial charge >= 0.3 is 24.1 Å². The molecule has 0 fully saturated rings. The molecule has 0 radical (unpaired) electrons. The average molecular weight is 544 g/mol. The van der Waals surface area contributed by atoms with Crippen molar-refractivity contribution < 1.29 is 46.9 Å². The van der Waals surface area contributed by atoms with Crippen molar-refractivity contribution in [2.75, 3.05) is 11.5 Å². The minimum absolute atomic E-state index is 0.148. The maximum atomic E-state index is 13.8. The highest BCUT2D eigenvalue weighted by molar-refractivity contribution is 6.13. The minimum atomic E-state index is -4.75. The molecule has 1 aliphatic rings. The van der Waals surface area contributed by atoms with Crippen molar-refractivity contribution in [1.29, 1.82) is 5.26 Å². The number of anilines is 1. The number of nitrogens with zero attached hydrogens (tertiary/aromatic N) is 2. The summed E-state index contributed by atoms with van der Waals surface area (Å²) in [7, 11) is 0. The third-order valence-corrected chi connectivity index (χ3v) is 6.08. The predicted molar refractivity (Wildman–Crippen MR) is 129 cm³/mol. The smallest absolute Gasteiger partial charge is 0.416 e. The van der Waals surface area contributed by atoms with Gasteiger partial charge in [-0.25, -0.2) is 9.59 Å². The quantitative estimate of drug-likeness (QED) is 0.405. The molecule has 1 N–H and O–H groups in total. The summed E-state index contributed by atoms with van der Waals surface area (Å²) in [5.41, 5.74) is -1.40. The highest BCUT2D eigenvalue weighted by Crippen LogP contribution is 2.44. The lowest BCUT2D eigenvalue weighted by atomic mass is 9.75. The highest BCUT2D eigenvalue weighted by atomic mass is 19.4. The number of nitriles is 1. The van der Waals surface area contributed by atoms with E-state index in [1.807, 2.05) is 6.07 Å². The van der Waals surface area contributed by atoms with Gasteiger partial charge in [0.25, 0.3) is 0 Å². The fourth-order valence-electron chi connectivity index (χ4n) is 4.24. The largest absolute Gasteiger partial charge is 0.479 e. The second-order valence-electron chi connectivity index (χ2n) is 8.55. The van der Waals surface area contributed by atoms with Crippen molar-refractivity contribution in [1.82, 2.24) is 0 Å². The molecule has 3 rings (SSSR count). The van der Waals surface area contributed by atoms with Gasteiger partial charge in [-0.3, -0.25) is 14.5 Å². The van der Waals surface area contributed by atoms with Gasteiger partial charge in [-0.1, -0.05) is 18.2 Å². The van der Waals surface area contributed by atoms with Crippen LogP contribution in [0, 0.1) is 17.2 Å². The number of carbonyl (C=O) groups is 4. The molecule has 2 aromatic rings. The second kappa shape index (κ2) is 11.4.